The van der Waals surface area contributed by atoms with Crippen LogP contribution in [-0.2, 0) is 0 Å². The molecule has 0 unspecified atom stereocenters. The average Bonchev–Trinajstić information content (AvgIpc) is 3.43. The number of aromatic nitrogens is 2. The number of para-hydroxylation sites is 4. The van der Waals surface area contributed by atoms with Crippen LogP contribution in [-0.4, -0.2) is 9.13 Å². The van der Waals surface area contributed by atoms with E-state index < -0.39 is 0 Å². The van der Waals surface area contributed by atoms with Crippen LogP contribution in [0.5, 0.6) is 0 Å². The van der Waals surface area contributed by atoms with Gasteiger partial charge in [0.1, 0.15) is 0 Å². The number of rotatable bonds is 4. The van der Waals surface area contributed by atoms with Gasteiger partial charge in [-0.15, -0.1) is 0 Å². The van der Waals surface area contributed by atoms with Gasteiger partial charge < -0.3 is 9.13 Å². The van der Waals surface area contributed by atoms with E-state index in [0.29, 0.717) is 0 Å². The summed E-state index contributed by atoms with van der Waals surface area (Å²) < 4.78 is 4.53. The van der Waals surface area contributed by atoms with Crippen LogP contribution in [0.4, 0.5) is 0 Å². The molecule has 2 aromatic heterocycles. The molecule has 0 fully saturated rings. The van der Waals surface area contributed by atoms with Crippen molar-refractivity contribution in [2.24, 2.45) is 0 Å². The maximum atomic E-state index is 2.27. The van der Waals surface area contributed by atoms with Gasteiger partial charge in [-0.05, 0) is 36.4 Å². The summed E-state index contributed by atoms with van der Waals surface area (Å²) in [5.41, 5.74) is 7.19. The van der Waals surface area contributed by atoms with E-state index in [1.807, 2.05) is 0 Å². The highest BCUT2D eigenvalue weighted by Crippen LogP contribution is 2.29. The molecule has 0 aliphatic carbocycles. The van der Waals surface area contributed by atoms with Crippen molar-refractivity contribution in [3.8, 4) is 11.4 Å². The third kappa shape index (κ3) is 3.14. The first-order valence-electron chi connectivity index (χ1n) is 10.9. The summed E-state index contributed by atoms with van der Waals surface area (Å²) in [4.78, 5) is 0. The van der Waals surface area contributed by atoms with E-state index in [9.17, 15) is 0 Å². The maximum absolute atomic E-state index is 2.27. The van der Waals surface area contributed by atoms with Gasteiger partial charge in [-0.1, -0.05) is 84.9 Å². The molecule has 2 heterocycles. The Labute approximate surface area is 187 Å². The summed E-state index contributed by atoms with van der Waals surface area (Å²) >= 11 is 0. The molecule has 0 saturated heterocycles. The Morgan fingerprint density at radius 2 is 0.781 bits per heavy atom. The standard InChI is InChI=1S/C30H22N2/c1-3-11-25(12-4-1)31-21-23(27-15-7-9-17-29(27)31)19-20-24-22-32(26-13-5-2-6-14-26)30-18-10-8-16-28(24)30/h1-22H/b20-19-. The summed E-state index contributed by atoms with van der Waals surface area (Å²) in [6.07, 6.45) is 8.93. The first-order chi connectivity index (χ1) is 15.9. The topological polar surface area (TPSA) is 9.86 Å². The Morgan fingerprint density at radius 1 is 0.406 bits per heavy atom. The lowest BCUT2D eigenvalue weighted by Crippen LogP contribution is -1.90. The number of hydrogen-bond acceptors (Lipinski definition) is 0. The molecule has 4 aromatic carbocycles. The largest absolute Gasteiger partial charge is 0.316 e. The number of nitrogens with zero attached hydrogens (tertiary/aromatic N) is 2. The van der Waals surface area contributed by atoms with Crippen molar-refractivity contribution < 1.29 is 0 Å². The molecular formula is C30H22N2. The normalized spacial score (nSPS) is 11.6. The Hall–Kier alpha value is -4.30. The predicted molar refractivity (Wildman–Crippen MR) is 135 cm³/mol. The van der Waals surface area contributed by atoms with Gasteiger partial charge in [0.2, 0.25) is 0 Å². The SMILES string of the molecule is C(=C/c1cn(-c2ccccc2)c2ccccc12)/c1cn(-c2ccccc2)c2ccccc12. The van der Waals surface area contributed by atoms with E-state index in [0.717, 1.165) is 0 Å². The summed E-state index contributed by atoms with van der Waals surface area (Å²) in [6, 6.07) is 38.2. The van der Waals surface area contributed by atoms with Crippen LogP contribution in [0.3, 0.4) is 0 Å². The van der Waals surface area contributed by atoms with Crippen molar-refractivity contribution in [2.45, 2.75) is 0 Å². The number of hydrogen-bond donors (Lipinski definition) is 0. The highest BCUT2D eigenvalue weighted by molar-refractivity contribution is 5.97. The highest BCUT2D eigenvalue weighted by Gasteiger charge is 2.10. The molecule has 0 spiro atoms. The van der Waals surface area contributed by atoms with Crippen molar-refractivity contribution in [3.05, 3.63) is 133 Å². The monoisotopic (exact) mass is 410 g/mol. The van der Waals surface area contributed by atoms with Gasteiger partial charge in [0.15, 0.2) is 0 Å². The average molecular weight is 411 g/mol. The van der Waals surface area contributed by atoms with Crippen LogP contribution in [0.1, 0.15) is 11.1 Å². The van der Waals surface area contributed by atoms with Crippen molar-refractivity contribution in [2.75, 3.05) is 0 Å². The Morgan fingerprint density at radius 3 is 1.22 bits per heavy atom. The molecule has 6 rings (SSSR count). The van der Waals surface area contributed by atoms with E-state index in [4.69, 9.17) is 0 Å². The third-order valence-electron chi connectivity index (χ3n) is 6.00. The van der Waals surface area contributed by atoms with Gasteiger partial charge in [0, 0.05) is 45.7 Å². The van der Waals surface area contributed by atoms with E-state index >= 15 is 0 Å². The molecular weight excluding hydrogens is 388 g/mol. The molecule has 2 heteroatoms. The second-order valence-corrected chi connectivity index (χ2v) is 7.95. The molecule has 0 saturated carbocycles. The van der Waals surface area contributed by atoms with Gasteiger partial charge in [0.25, 0.3) is 0 Å². The van der Waals surface area contributed by atoms with E-state index in [1.165, 1.54) is 44.3 Å². The highest BCUT2D eigenvalue weighted by atomic mass is 15.0. The maximum Gasteiger partial charge on any atom is 0.0534 e. The van der Waals surface area contributed by atoms with Crippen LogP contribution in [0.25, 0.3) is 45.3 Å². The Balaban J connectivity index is 1.48. The number of fused-ring (bicyclic) bond motifs is 2. The van der Waals surface area contributed by atoms with Gasteiger partial charge in [0.05, 0.1) is 11.0 Å². The lowest BCUT2D eigenvalue weighted by molar-refractivity contribution is 1.12. The molecule has 0 radical (unpaired) electrons. The number of benzene rings is 4. The Kier molecular flexibility index (Phi) is 4.47. The van der Waals surface area contributed by atoms with Crippen molar-refractivity contribution in [1.82, 2.24) is 9.13 Å². The lowest BCUT2D eigenvalue weighted by atomic mass is 10.1. The minimum Gasteiger partial charge on any atom is -0.316 e. The molecule has 32 heavy (non-hydrogen) atoms. The van der Waals surface area contributed by atoms with Gasteiger partial charge >= 0.3 is 0 Å². The van der Waals surface area contributed by atoms with Gasteiger partial charge in [-0.2, -0.15) is 0 Å². The van der Waals surface area contributed by atoms with Crippen LogP contribution in [0.15, 0.2) is 122 Å². The zero-order valence-corrected chi connectivity index (χ0v) is 17.6. The quantitative estimate of drug-likeness (QED) is 0.281. The minimum atomic E-state index is 1.17. The van der Waals surface area contributed by atoms with Crippen molar-refractivity contribution in [3.63, 3.8) is 0 Å². The van der Waals surface area contributed by atoms with Gasteiger partial charge in [-0.25, -0.2) is 0 Å². The molecule has 0 bridgehead atoms. The van der Waals surface area contributed by atoms with Crippen molar-refractivity contribution >= 4 is 34.0 Å². The van der Waals surface area contributed by atoms with Crippen LogP contribution in [0.2, 0.25) is 0 Å². The summed E-state index contributed by atoms with van der Waals surface area (Å²) in [6.45, 7) is 0. The predicted octanol–water partition coefficient (Wildman–Crippen LogP) is 7.74. The van der Waals surface area contributed by atoms with E-state index in [2.05, 4.69) is 143 Å². The fourth-order valence-electron chi connectivity index (χ4n) is 4.46. The molecule has 0 N–H and O–H groups in total. The van der Waals surface area contributed by atoms with Crippen molar-refractivity contribution in [1.29, 1.82) is 0 Å². The third-order valence-corrected chi connectivity index (χ3v) is 6.00. The molecule has 0 aliphatic rings. The Bertz CT molecular complexity index is 1430. The smallest absolute Gasteiger partial charge is 0.0534 e. The molecule has 2 nitrogen and oxygen atoms in total. The van der Waals surface area contributed by atoms with Crippen LogP contribution in [0, 0.1) is 0 Å². The van der Waals surface area contributed by atoms with Crippen LogP contribution < -0.4 is 0 Å². The fourth-order valence-corrected chi connectivity index (χ4v) is 4.46. The summed E-state index contributed by atoms with van der Waals surface area (Å²) in [5, 5.41) is 2.50. The fraction of sp³-hybridized carbons (Fsp3) is 0. The zero-order valence-electron chi connectivity index (χ0n) is 17.6. The molecule has 0 amide bonds. The summed E-state index contributed by atoms with van der Waals surface area (Å²) in [5.74, 6) is 0. The van der Waals surface area contributed by atoms with E-state index in [-0.39, 0.29) is 0 Å². The van der Waals surface area contributed by atoms with Gasteiger partial charge in [-0.3, -0.25) is 0 Å². The molecule has 0 atom stereocenters. The lowest BCUT2D eigenvalue weighted by Gasteiger charge is -2.04. The summed E-state index contributed by atoms with van der Waals surface area (Å²) in [7, 11) is 0. The minimum absolute atomic E-state index is 1.17. The van der Waals surface area contributed by atoms with Crippen LogP contribution >= 0.6 is 0 Å². The second kappa shape index (κ2) is 7.75. The first kappa shape index (κ1) is 18.5. The first-order valence-corrected chi connectivity index (χ1v) is 10.9. The second-order valence-electron chi connectivity index (χ2n) is 7.95. The molecule has 0 aliphatic heterocycles. The molecule has 6 aromatic rings. The molecule has 152 valence electrons. The van der Waals surface area contributed by atoms with E-state index in [1.54, 1.807) is 0 Å². The zero-order chi connectivity index (χ0) is 21.3.